The molecule has 20 heavy (non-hydrogen) atoms. The first-order valence-electron chi connectivity index (χ1n) is 7.56. The van der Waals surface area contributed by atoms with Gasteiger partial charge in [-0.1, -0.05) is 43.9 Å². The van der Waals surface area contributed by atoms with E-state index in [0.717, 1.165) is 36.8 Å². The third kappa shape index (κ3) is 3.07. The molecule has 0 aromatic heterocycles. The fourth-order valence-corrected chi connectivity index (χ4v) is 5.11. The van der Waals surface area contributed by atoms with Crippen LogP contribution < -0.4 is 0 Å². The van der Waals surface area contributed by atoms with Crippen LogP contribution in [0.2, 0.25) is 0 Å². The van der Waals surface area contributed by atoms with E-state index in [0.29, 0.717) is 11.4 Å². The van der Waals surface area contributed by atoms with Gasteiger partial charge >= 0.3 is 0 Å². The van der Waals surface area contributed by atoms with E-state index in [1.165, 1.54) is 6.42 Å². The third-order valence-electron chi connectivity index (χ3n) is 4.21. The van der Waals surface area contributed by atoms with Crippen molar-refractivity contribution in [1.82, 2.24) is 4.31 Å². The summed E-state index contributed by atoms with van der Waals surface area (Å²) in [5.41, 5.74) is 1.95. The zero-order chi connectivity index (χ0) is 14.8. The second-order valence-corrected chi connectivity index (χ2v) is 7.63. The Hall–Kier alpha value is -0.870. The molecule has 0 heterocycles. The minimum absolute atomic E-state index is 0.180. The molecule has 1 fully saturated rings. The van der Waals surface area contributed by atoms with Gasteiger partial charge in [-0.15, -0.1) is 0 Å². The van der Waals surface area contributed by atoms with Crippen LogP contribution in [0, 0.1) is 13.8 Å². The molecule has 0 unspecified atom stereocenters. The van der Waals surface area contributed by atoms with Crippen molar-refractivity contribution >= 4 is 10.0 Å². The summed E-state index contributed by atoms with van der Waals surface area (Å²) >= 11 is 0. The highest BCUT2D eigenvalue weighted by Gasteiger charge is 2.31. The molecule has 0 atom stereocenters. The molecule has 0 N–H and O–H groups in total. The van der Waals surface area contributed by atoms with E-state index in [2.05, 4.69) is 0 Å². The lowest BCUT2D eigenvalue weighted by atomic mass is 9.95. The van der Waals surface area contributed by atoms with Crippen LogP contribution in [0.4, 0.5) is 0 Å². The first-order valence-corrected chi connectivity index (χ1v) is 9.00. The summed E-state index contributed by atoms with van der Waals surface area (Å²) in [5.74, 6) is 0. The van der Waals surface area contributed by atoms with E-state index in [1.807, 2.05) is 32.9 Å². The Morgan fingerprint density at radius 2 is 1.80 bits per heavy atom. The summed E-state index contributed by atoms with van der Waals surface area (Å²) in [6.45, 7) is 6.37. The highest BCUT2D eigenvalue weighted by molar-refractivity contribution is 7.89. The van der Waals surface area contributed by atoms with Crippen molar-refractivity contribution in [1.29, 1.82) is 0 Å². The van der Waals surface area contributed by atoms with Gasteiger partial charge in [0.1, 0.15) is 0 Å². The molecule has 1 aromatic carbocycles. The van der Waals surface area contributed by atoms with Gasteiger partial charge < -0.3 is 0 Å². The quantitative estimate of drug-likeness (QED) is 0.850. The number of nitrogens with zero attached hydrogens (tertiary/aromatic N) is 1. The predicted octanol–water partition coefficient (Wildman–Crippen LogP) is 3.65. The molecule has 0 radical (unpaired) electrons. The van der Waals surface area contributed by atoms with Gasteiger partial charge in [0, 0.05) is 12.6 Å². The second kappa shape index (κ2) is 6.27. The maximum Gasteiger partial charge on any atom is 0.243 e. The van der Waals surface area contributed by atoms with E-state index >= 15 is 0 Å². The fraction of sp³-hybridized carbons (Fsp3) is 0.625. The van der Waals surface area contributed by atoms with Crippen LogP contribution in [-0.2, 0) is 10.0 Å². The Bertz CT molecular complexity index is 560. The van der Waals surface area contributed by atoms with Gasteiger partial charge in [0.15, 0.2) is 0 Å². The highest BCUT2D eigenvalue weighted by atomic mass is 32.2. The summed E-state index contributed by atoms with van der Waals surface area (Å²) in [5, 5.41) is 0. The van der Waals surface area contributed by atoms with Crippen LogP contribution in [0.15, 0.2) is 23.1 Å². The number of aryl methyl sites for hydroxylation is 2. The Labute approximate surface area is 123 Å². The Kier molecular flexibility index (Phi) is 4.86. The molecular formula is C16H25NO2S. The summed E-state index contributed by atoms with van der Waals surface area (Å²) < 4.78 is 27.6. The van der Waals surface area contributed by atoms with Crippen LogP contribution in [-0.4, -0.2) is 25.3 Å². The standard InChI is InChI=1S/C16H25NO2S/c1-4-17(15-8-6-5-7-9-15)20(18,19)16-11-10-13(2)12-14(16)3/h10-12,15H,4-9H2,1-3H3. The summed E-state index contributed by atoms with van der Waals surface area (Å²) in [6, 6.07) is 5.77. The van der Waals surface area contributed by atoms with Gasteiger partial charge in [0.05, 0.1) is 4.90 Å². The lowest BCUT2D eigenvalue weighted by Gasteiger charge is -2.33. The molecule has 112 valence electrons. The van der Waals surface area contributed by atoms with Crippen molar-refractivity contribution in [3.63, 3.8) is 0 Å². The van der Waals surface area contributed by atoms with Crippen molar-refractivity contribution in [3.05, 3.63) is 29.3 Å². The maximum absolute atomic E-state index is 12.9. The summed E-state index contributed by atoms with van der Waals surface area (Å²) in [7, 11) is -3.36. The molecule has 0 bridgehead atoms. The molecule has 0 spiro atoms. The van der Waals surface area contributed by atoms with E-state index in [4.69, 9.17) is 0 Å². The Morgan fingerprint density at radius 1 is 1.15 bits per heavy atom. The SMILES string of the molecule is CCN(C1CCCCC1)S(=O)(=O)c1ccc(C)cc1C. The molecule has 4 heteroatoms. The zero-order valence-corrected chi connectivity index (χ0v) is 13.5. The summed E-state index contributed by atoms with van der Waals surface area (Å²) in [4.78, 5) is 0.468. The topological polar surface area (TPSA) is 37.4 Å². The van der Waals surface area contributed by atoms with E-state index in [-0.39, 0.29) is 6.04 Å². The van der Waals surface area contributed by atoms with Crippen molar-refractivity contribution in [2.24, 2.45) is 0 Å². The molecule has 3 nitrogen and oxygen atoms in total. The minimum atomic E-state index is -3.36. The molecule has 0 aliphatic heterocycles. The smallest absolute Gasteiger partial charge is 0.207 e. The fourth-order valence-electron chi connectivity index (χ4n) is 3.21. The van der Waals surface area contributed by atoms with Crippen molar-refractivity contribution < 1.29 is 8.42 Å². The van der Waals surface area contributed by atoms with Crippen LogP contribution >= 0.6 is 0 Å². The van der Waals surface area contributed by atoms with Gasteiger partial charge in [-0.3, -0.25) is 0 Å². The molecule has 2 rings (SSSR count). The molecule has 1 saturated carbocycles. The van der Waals surface area contributed by atoms with Crippen molar-refractivity contribution in [3.8, 4) is 0 Å². The molecule has 1 aromatic rings. The lowest BCUT2D eigenvalue weighted by molar-refractivity contribution is 0.261. The van der Waals surface area contributed by atoms with Gasteiger partial charge in [-0.05, 0) is 38.3 Å². The number of benzene rings is 1. The van der Waals surface area contributed by atoms with E-state index < -0.39 is 10.0 Å². The van der Waals surface area contributed by atoms with Crippen molar-refractivity contribution in [2.75, 3.05) is 6.54 Å². The Morgan fingerprint density at radius 3 is 2.35 bits per heavy atom. The lowest BCUT2D eigenvalue weighted by Crippen LogP contribution is -2.41. The van der Waals surface area contributed by atoms with Crippen LogP contribution in [0.3, 0.4) is 0 Å². The normalized spacial score (nSPS) is 17.6. The van der Waals surface area contributed by atoms with Gasteiger partial charge in [-0.2, -0.15) is 4.31 Å². The van der Waals surface area contributed by atoms with E-state index in [1.54, 1.807) is 10.4 Å². The van der Waals surface area contributed by atoms with Gasteiger partial charge in [-0.25, -0.2) is 8.42 Å². The highest BCUT2D eigenvalue weighted by Crippen LogP contribution is 2.29. The first-order chi connectivity index (χ1) is 9.46. The number of rotatable bonds is 4. The van der Waals surface area contributed by atoms with Crippen molar-refractivity contribution in [2.45, 2.75) is 63.8 Å². The zero-order valence-electron chi connectivity index (χ0n) is 12.7. The Balaban J connectivity index is 2.35. The third-order valence-corrected chi connectivity index (χ3v) is 6.40. The van der Waals surface area contributed by atoms with Crippen LogP contribution in [0.1, 0.15) is 50.2 Å². The largest absolute Gasteiger partial charge is 0.243 e. The molecule has 1 aliphatic carbocycles. The maximum atomic E-state index is 12.9. The van der Waals surface area contributed by atoms with Crippen LogP contribution in [0.5, 0.6) is 0 Å². The summed E-state index contributed by atoms with van der Waals surface area (Å²) in [6.07, 6.45) is 5.51. The number of hydrogen-bond donors (Lipinski definition) is 0. The molecule has 0 amide bonds. The van der Waals surface area contributed by atoms with E-state index in [9.17, 15) is 8.42 Å². The number of sulfonamides is 1. The molecular weight excluding hydrogens is 270 g/mol. The molecule has 0 saturated heterocycles. The second-order valence-electron chi connectivity index (χ2n) is 5.77. The molecule has 1 aliphatic rings. The number of hydrogen-bond acceptors (Lipinski definition) is 2. The monoisotopic (exact) mass is 295 g/mol. The van der Waals surface area contributed by atoms with Gasteiger partial charge in [0.2, 0.25) is 10.0 Å². The minimum Gasteiger partial charge on any atom is -0.207 e. The van der Waals surface area contributed by atoms with Crippen LogP contribution in [0.25, 0.3) is 0 Å². The first kappa shape index (κ1) is 15.5. The predicted molar refractivity (Wildman–Crippen MR) is 82.4 cm³/mol. The van der Waals surface area contributed by atoms with Gasteiger partial charge in [0.25, 0.3) is 0 Å². The average Bonchev–Trinajstić information content (AvgIpc) is 2.40. The average molecular weight is 295 g/mol.